The molecule has 8 heteroatoms. The van der Waals surface area contributed by atoms with E-state index < -0.39 is 5.41 Å². The Kier molecular flexibility index (Phi) is 10.3. The fourth-order valence-corrected chi connectivity index (χ4v) is 2.04. The summed E-state index contributed by atoms with van der Waals surface area (Å²) >= 11 is 0. The SMILES string of the molecule is CCNC(=NCC(C)(C)C(=O)NC)Nc1ccc(OC)c(OC)c1.I. The van der Waals surface area contributed by atoms with Crippen molar-refractivity contribution in [3.05, 3.63) is 18.2 Å². The molecular formula is C17H29IN4O3. The molecule has 25 heavy (non-hydrogen) atoms. The van der Waals surface area contributed by atoms with Crippen molar-refractivity contribution in [1.82, 2.24) is 10.6 Å². The monoisotopic (exact) mass is 464 g/mol. The molecule has 0 aromatic heterocycles. The van der Waals surface area contributed by atoms with Crippen molar-refractivity contribution in [2.45, 2.75) is 20.8 Å². The molecular weight excluding hydrogens is 435 g/mol. The topological polar surface area (TPSA) is 84.0 Å². The third-order valence-electron chi connectivity index (χ3n) is 3.46. The number of carbonyl (C=O) groups excluding carboxylic acids is 1. The van der Waals surface area contributed by atoms with Crippen LogP contribution in [0.3, 0.4) is 0 Å². The molecule has 0 heterocycles. The molecule has 0 fully saturated rings. The van der Waals surface area contributed by atoms with Crippen LogP contribution in [0.15, 0.2) is 23.2 Å². The van der Waals surface area contributed by atoms with Crippen molar-refractivity contribution in [3.8, 4) is 11.5 Å². The second-order valence-electron chi connectivity index (χ2n) is 5.85. The lowest BCUT2D eigenvalue weighted by molar-refractivity contribution is -0.128. The minimum atomic E-state index is -0.589. The number of anilines is 1. The molecule has 142 valence electrons. The molecule has 0 aliphatic heterocycles. The zero-order valence-corrected chi connectivity index (χ0v) is 18.1. The smallest absolute Gasteiger partial charge is 0.227 e. The summed E-state index contributed by atoms with van der Waals surface area (Å²) in [6.45, 7) is 6.76. The van der Waals surface area contributed by atoms with Crippen LogP contribution in [0.1, 0.15) is 20.8 Å². The van der Waals surface area contributed by atoms with E-state index in [4.69, 9.17) is 9.47 Å². The molecule has 1 amide bonds. The Hall–Kier alpha value is -1.71. The first-order valence-electron chi connectivity index (χ1n) is 7.87. The van der Waals surface area contributed by atoms with Crippen molar-refractivity contribution in [2.24, 2.45) is 10.4 Å². The lowest BCUT2D eigenvalue weighted by Gasteiger charge is -2.21. The summed E-state index contributed by atoms with van der Waals surface area (Å²) in [7, 11) is 4.81. The second-order valence-corrected chi connectivity index (χ2v) is 5.85. The Balaban J connectivity index is 0.00000576. The van der Waals surface area contributed by atoms with Crippen molar-refractivity contribution in [1.29, 1.82) is 0 Å². The van der Waals surface area contributed by atoms with Crippen LogP contribution in [0, 0.1) is 5.41 Å². The minimum Gasteiger partial charge on any atom is -0.493 e. The fraction of sp³-hybridized carbons (Fsp3) is 0.529. The summed E-state index contributed by atoms with van der Waals surface area (Å²) in [6, 6.07) is 5.52. The first kappa shape index (κ1) is 23.3. The van der Waals surface area contributed by atoms with Crippen molar-refractivity contribution >= 4 is 41.5 Å². The number of guanidine groups is 1. The predicted octanol–water partition coefficient (Wildman–Crippen LogP) is 2.47. The quantitative estimate of drug-likeness (QED) is 0.328. The third-order valence-corrected chi connectivity index (χ3v) is 3.46. The molecule has 0 saturated carbocycles. The number of carbonyl (C=O) groups is 1. The van der Waals surface area contributed by atoms with Gasteiger partial charge < -0.3 is 25.4 Å². The van der Waals surface area contributed by atoms with Crippen molar-refractivity contribution < 1.29 is 14.3 Å². The lowest BCUT2D eigenvalue weighted by Crippen LogP contribution is -2.38. The van der Waals surface area contributed by atoms with Gasteiger partial charge in [0, 0.05) is 25.3 Å². The Morgan fingerprint density at radius 2 is 1.84 bits per heavy atom. The summed E-state index contributed by atoms with van der Waals surface area (Å²) < 4.78 is 10.5. The zero-order chi connectivity index (χ0) is 18.2. The Bertz CT molecular complexity index is 591. The molecule has 1 aromatic rings. The lowest BCUT2D eigenvalue weighted by atomic mass is 9.93. The number of halogens is 1. The van der Waals surface area contributed by atoms with Crippen LogP contribution in [0.2, 0.25) is 0 Å². The number of nitrogens with zero attached hydrogens (tertiary/aromatic N) is 1. The molecule has 0 aliphatic carbocycles. The average Bonchev–Trinajstić information content (AvgIpc) is 2.58. The van der Waals surface area contributed by atoms with Crippen LogP contribution in [0.5, 0.6) is 11.5 Å². The molecule has 7 nitrogen and oxygen atoms in total. The number of nitrogens with one attached hydrogen (secondary N) is 3. The molecule has 1 aromatic carbocycles. The van der Waals surface area contributed by atoms with E-state index in [9.17, 15) is 4.79 Å². The fourth-order valence-electron chi connectivity index (χ4n) is 2.04. The van der Waals surface area contributed by atoms with Gasteiger partial charge in [-0.25, -0.2) is 0 Å². The highest BCUT2D eigenvalue weighted by atomic mass is 127. The predicted molar refractivity (Wildman–Crippen MR) is 112 cm³/mol. The van der Waals surface area contributed by atoms with Crippen LogP contribution in [-0.2, 0) is 4.79 Å². The number of aliphatic imine (C=N–C) groups is 1. The van der Waals surface area contributed by atoms with Crippen LogP contribution in [0.4, 0.5) is 5.69 Å². The van der Waals surface area contributed by atoms with Gasteiger partial charge in [0.1, 0.15) is 0 Å². The summed E-state index contributed by atoms with van der Waals surface area (Å²) in [5.74, 6) is 1.84. The summed E-state index contributed by atoms with van der Waals surface area (Å²) in [6.07, 6.45) is 0. The maximum atomic E-state index is 11.9. The van der Waals surface area contributed by atoms with Gasteiger partial charge in [-0.15, -0.1) is 24.0 Å². The van der Waals surface area contributed by atoms with E-state index in [1.165, 1.54) is 0 Å². The maximum absolute atomic E-state index is 11.9. The molecule has 0 aliphatic rings. The van der Waals surface area contributed by atoms with Crippen molar-refractivity contribution in [2.75, 3.05) is 39.7 Å². The number of hydrogen-bond acceptors (Lipinski definition) is 4. The van der Waals surface area contributed by atoms with Gasteiger partial charge in [-0.1, -0.05) is 0 Å². The van der Waals surface area contributed by atoms with Crippen LogP contribution in [0.25, 0.3) is 0 Å². The average molecular weight is 464 g/mol. The standard InChI is InChI=1S/C17H28N4O3.HI/c1-7-19-16(20-11-17(2,3)15(22)18-4)21-12-8-9-13(23-5)14(10-12)24-6;/h8-10H,7,11H2,1-6H3,(H,18,22)(H2,19,20,21);1H. The highest BCUT2D eigenvalue weighted by Crippen LogP contribution is 2.29. The number of hydrogen-bond donors (Lipinski definition) is 3. The maximum Gasteiger partial charge on any atom is 0.227 e. The largest absolute Gasteiger partial charge is 0.493 e. The highest BCUT2D eigenvalue weighted by Gasteiger charge is 2.26. The van der Waals surface area contributed by atoms with Gasteiger partial charge in [0.25, 0.3) is 0 Å². The van der Waals surface area contributed by atoms with E-state index in [2.05, 4.69) is 20.9 Å². The van der Waals surface area contributed by atoms with Gasteiger partial charge in [-0.3, -0.25) is 9.79 Å². The Morgan fingerprint density at radius 3 is 2.36 bits per heavy atom. The minimum absolute atomic E-state index is 0. The normalized spacial score (nSPS) is 11.2. The van der Waals surface area contributed by atoms with Gasteiger partial charge in [0.2, 0.25) is 5.91 Å². The first-order valence-corrected chi connectivity index (χ1v) is 7.87. The summed E-state index contributed by atoms with van der Waals surface area (Å²) in [5, 5.41) is 9.03. The second kappa shape index (κ2) is 11.0. The van der Waals surface area contributed by atoms with Gasteiger partial charge in [-0.05, 0) is 32.9 Å². The van der Waals surface area contributed by atoms with E-state index in [1.807, 2.05) is 39.0 Å². The molecule has 0 saturated heterocycles. The van der Waals surface area contributed by atoms with E-state index >= 15 is 0 Å². The van der Waals surface area contributed by atoms with E-state index in [0.717, 1.165) is 5.69 Å². The number of rotatable bonds is 7. The molecule has 1 rings (SSSR count). The Morgan fingerprint density at radius 1 is 1.20 bits per heavy atom. The van der Waals surface area contributed by atoms with Gasteiger partial charge >= 0.3 is 0 Å². The Labute approximate surface area is 167 Å². The number of benzene rings is 1. The van der Waals surface area contributed by atoms with Crippen LogP contribution < -0.4 is 25.4 Å². The third kappa shape index (κ3) is 6.97. The van der Waals surface area contributed by atoms with Gasteiger partial charge in [0.05, 0.1) is 26.2 Å². The summed E-state index contributed by atoms with van der Waals surface area (Å²) in [4.78, 5) is 16.4. The van der Waals surface area contributed by atoms with Gasteiger partial charge in [0.15, 0.2) is 17.5 Å². The molecule has 0 radical (unpaired) electrons. The molecule has 3 N–H and O–H groups in total. The number of ether oxygens (including phenoxy) is 2. The van der Waals surface area contributed by atoms with E-state index in [1.54, 1.807) is 21.3 Å². The van der Waals surface area contributed by atoms with Crippen LogP contribution in [-0.4, -0.2) is 46.2 Å². The van der Waals surface area contributed by atoms with E-state index in [-0.39, 0.29) is 29.9 Å². The summed E-state index contributed by atoms with van der Waals surface area (Å²) in [5.41, 5.74) is 0.222. The number of methoxy groups -OCH3 is 2. The molecule has 0 spiro atoms. The molecule has 0 unspecified atom stereocenters. The molecule has 0 bridgehead atoms. The van der Waals surface area contributed by atoms with Gasteiger partial charge in [-0.2, -0.15) is 0 Å². The molecule has 0 atom stereocenters. The van der Waals surface area contributed by atoms with Crippen LogP contribution >= 0.6 is 24.0 Å². The van der Waals surface area contributed by atoms with E-state index in [0.29, 0.717) is 30.5 Å². The highest BCUT2D eigenvalue weighted by molar-refractivity contribution is 14.0. The zero-order valence-electron chi connectivity index (χ0n) is 15.7. The first-order chi connectivity index (χ1) is 11.4. The van der Waals surface area contributed by atoms with Crippen molar-refractivity contribution in [3.63, 3.8) is 0 Å². The number of amides is 1.